The molecule has 31 heavy (non-hydrogen) atoms. The zero-order valence-electron chi connectivity index (χ0n) is 18.0. The van der Waals surface area contributed by atoms with Crippen molar-refractivity contribution in [1.82, 2.24) is 25.2 Å². The van der Waals surface area contributed by atoms with Crippen LogP contribution in [0.3, 0.4) is 0 Å². The first kappa shape index (κ1) is 23.5. The van der Waals surface area contributed by atoms with Gasteiger partial charge in [0.15, 0.2) is 5.96 Å². The Morgan fingerprint density at radius 3 is 2.58 bits per heavy atom. The fraction of sp³-hybridized carbons (Fsp3) is 0.500. The average molecular weight is 538 g/mol. The number of amides is 1. The Labute approximate surface area is 200 Å². The maximum Gasteiger partial charge on any atom is 0.244 e. The first-order chi connectivity index (χ1) is 14.7. The molecule has 0 atom stereocenters. The van der Waals surface area contributed by atoms with E-state index in [0.29, 0.717) is 6.54 Å². The highest BCUT2D eigenvalue weighted by atomic mass is 127. The molecule has 0 radical (unpaired) electrons. The Morgan fingerprint density at radius 2 is 1.87 bits per heavy atom. The number of aliphatic imine (C=N–C) groups is 1. The number of halogens is 1. The molecular weight excluding hydrogens is 507 g/mol. The smallest absolute Gasteiger partial charge is 0.244 e. The number of piperazine rings is 1. The van der Waals surface area contributed by atoms with E-state index in [2.05, 4.69) is 50.4 Å². The van der Waals surface area contributed by atoms with Gasteiger partial charge in [0, 0.05) is 58.4 Å². The van der Waals surface area contributed by atoms with Gasteiger partial charge in [-0.15, -0.1) is 24.0 Å². The van der Waals surface area contributed by atoms with Crippen molar-refractivity contribution < 1.29 is 9.32 Å². The predicted molar refractivity (Wildman–Crippen MR) is 130 cm³/mol. The minimum absolute atomic E-state index is 0. The SMILES string of the molecule is CCNC(=NCC(=O)N1CCc2ccccc2C1)N1CCN(Cc2ccon2)CC1.I. The highest BCUT2D eigenvalue weighted by Crippen LogP contribution is 2.18. The van der Waals surface area contributed by atoms with Crippen molar-refractivity contribution in [3.05, 3.63) is 53.4 Å². The van der Waals surface area contributed by atoms with Gasteiger partial charge in [0.05, 0.1) is 5.69 Å². The molecule has 2 aliphatic heterocycles. The predicted octanol–water partition coefficient (Wildman–Crippen LogP) is 1.96. The number of nitrogens with one attached hydrogen (secondary N) is 1. The number of benzene rings is 1. The molecule has 8 nitrogen and oxygen atoms in total. The summed E-state index contributed by atoms with van der Waals surface area (Å²) in [4.78, 5) is 24.0. The van der Waals surface area contributed by atoms with Crippen molar-refractivity contribution in [1.29, 1.82) is 0 Å². The molecule has 1 fully saturated rings. The number of rotatable bonds is 5. The molecular formula is C22H31IN6O2. The minimum Gasteiger partial charge on any atom is -0.364 e. The van der Waals surface area contributed by atoms with E-state index >= 15 is 0 Å². The van der Waals surface area contributed by atoms with Gasteiger partial charge in [-0.3, -0.25) is 9.69 Å². The van der Waals surface area contributed by atoms with Crippen LogP contribution in [0.2, 0.25) is 0 Å². The summed E-state index contributed by atoms with van der Waals surface area (Å²) in [5.41, 5.74) is 3.55. The highest BCUT2D eigenvalue weighted by molar-refractivity contribution is 14.0. The van der Waals surface area contributed by atoms with Crippen LogP contribution in [-0.4, -0.2) is 77.5 Å². The van der Waals surface area contributed by atoms with Crippen LogP contribution in [0, 0.1) is 0 Å². The van der Waals surface area contributed by atoms with E-state index in [-0.39, 0.29) is 36.4 Å². The Balaban J connectivity index is 0.00000272. The van der Waals surface area contributed by atoms with Crippen LogP contribution < -0.4 is 5.32 Å². The summed E-state index contributed by atoms with van der Waals surface area (Å²) in [5, 5.41) is 7.34. The Kier molecular flexibility index (Phi) is 8.70. The molecule has 4 rings (SSSR count). The molecule has 0 spiro atoms. The summed E-state index contributed by atoms with van der Waals surface area (Å²) in [6.07, 6.45) is 2.53. The first-order valence-corrected chi connectivity index (χ1v) is 10.7. The van der Waals surface area contributed by atoms with Gasteiger partial charge in [0.25, 0.3) is 0 Å². The minimum atomic E-state index is 0. The van der Waals surface area contributed by atoms with Crippen molar-refractivity contribution in [3.8, 4) is 0 Å². The Bertz CT molecular complexity index is 865. The molecule has 9 heteroatoms. The van der Waals surface area contributed by atoms with Crippen molar-refractivity contribution in [2.24, 2.45) is 4.99 Å². The van der Waals surface area contributed by atoms with Crippen LogP contribution in [0.25, 0.3) is 0 Å². The third kappa shape index (κ3) is 6.19. The van der Waals surface area contributed by atoms with Gasteiger partial charge in [-0.05, 0) is 24.5 Å². The lowest BCUT2D eigenvalue weighted by Crippen LogP contribution is -2.52. The fourth-order valence-corrected chi connectivity index (χ4v) is 4.04. The zero-order valence-corrected chi connectivity index (χ0v) is 20.3. The van der Waals surface area contributed by atoms with E-state index < -0.39 is 0 Å². The molecule has 0 unspecified atom stereocenters. The number of carbonyl (C=O) groups is 1. The number of nitrogens with zero attached hydrogens (tertiary/aromatic N) is 5. The maximum atomic E-state index is 12.8. The van der Waals surface area contributed by atoms with E-state index in [0.717, 1.165) is 63.9 Å². The molecule has 0 bridgehead atoms. The quantitative estimate of drug-likeness (QED) is 0.357. The second-order valence-corrected chi connectivity index (χ2v) is 7.76. The number of fused-ring (bicyclic) bond motifs is 1. The number of hydrogen-bond donors (Lipinski definition) is 1. The van der Waals surface area contributed by atoms with E-state index in [4.69, 9.17) is 4.52 Å². The lowest BCUT2D eigenvalue weighted by atomic mass is 10.00. The topological polar surface area (TPSA) is 77.2 Å². The van der Waals surface area contributed by atoms with E-state index in [9.17, 15) is 4.79 Å². The molecule has 1 aromatic carbocycles. The van der Waals surface area contributed by atoms with Gasteiger partial charge >= 0.3 is 0 Å². The molecule has 1 aromatic heterocycles. The van der Waals surface area contributed by atoms with Crippen LogP contribution in [0.15, 0.2) is 46.1 Å². The average Bonchev–Trinajstić information content (AvgIpc) is 3.30. The van der Waals surface area contributed by atoms with Crippen LogP contribution in [0.5, 0.6) is 0 Å². The maximum absolute atomic E-state index is 12.8. The number of guanidine groups is 1. The lowest BCUT2D eigenvalue weighted by molar-refractivity contribution is -0.130. The largest absolute Gasteiger partial charge is 0.364 e. The number of hydrogen-bond acceptors (Lipinski definition) is 5. The Hall–Kier alpha value is -2.14. The zero-order chi connectivity index (χ0) is 20.8. The van der Waals surface area contributed by atoms with Gasteiger partial charge in [0.1, 0.15) is 12.8 Å². The first-order valence-electron chi connectivity index (χ1n) is 10.7. The third-order valence-corrected chi connectivity index (χ3v) is 5.73. The molecule has 1 N–H and O–H groups in total. The monoisotopic (exact) mass is 538 g/mol. The summed E-state index contributed by atoms with van der Waals surface area (Å²) in [6, 6.07) is 10.3. The fourth-order valence-electron chi connectivity index (χ4n) is 4.04. The molecule has 0 saturated carbocycles. The molecule has 2 aliphatic rings. The van der Waals surface area contributed by atoms with Gasteiger partial charge in [0.2, 0.25) is 5.91 Å². The van der Waals surface area contributed by atoms with E-state index in [1.165, 1.54) is 11.1 Å². The molecule has 1 amide bonds. The lowest BCUT2D eigenvalue weighted by Gasteiger charge is -2.36. The second-order valence-electron chi connectivity index (χ2n) is 7.76. The molecule has 168 valence electrons. The van der Waals surface area contributed by atoms with Gasteiger partial charge < -0.3 is 19.6 Å². The van der Waals surface area contributed by atoms with Crippen LogP contribution >= 0.6 is 24.0 Å². The molecule has 2 aromatic rings. The summed E-state index contributed by atoms with van der Waals surface area (Å²) < 4.78 is 4.92. The molecule has 1 saturated heterocycles. The highest BCUT2D eigenvalue weighted by Gasteiger charge is 2.22. The third-order valence-electron chi connectivity index (χ3n) is 5.73. The number of carbonyl (C=O) groups excluding carboxylic acids is 1. The van der Waals surface area contributed by atoms with E-state index in [1.807, 2.05) is 17.0 Å². The van der Waals surface area contributed by atoms with Crippen LogP contribution in [0.1, 0.15) is 23.7 Å². The molecule has 0 aliphatic carbocycles. The van der Waals surface area contributed by atoms with Crippen LogP contribution in [0.4, 0.5) is 0 Å². The summed E-state index contributed by atoms with van der Waals surface area (Å²) in [5.74, 6) is 0.911. The van der Waals surface area contributed by atoms with Crippen LogP contribution in [-0.2, 0) is 24.3 Å². The van der Waals surface area contributed by atoms with E-state index in [1.54, 1.807) is 6.26 Å². The van der Waals surface area contributed by atoms with Crippen molar-refractivity contribution in [3.63, 3.8) is 0 Å². The Morgan fingerprint density at radius 1 is 1.10 bits per heavy atom. The van der Waals surface area contributed by atoms with Gasteiger partial charge in [-0.2, -0.15) is 0 Å². The van der Waals surface area contributed by atoms with Gasteiger partial charge in [-0.1, -0.05) is 29.4 Å². The summed E-state index contributed by atoms with van der Waals surface area (Å²) >= 11 is 0. The summed E-state index contributed by atoms with van der Waals surface area (Å²) in [6.45, 7) is 8.86. The van der Waals surface area contributed by atoms with Crippen molar-refractivity contribution >= 4 is 35.8 Å². The van der Waals surface area contributed by atoms with Gasteiger partial charge in [-0.25, -0.2) is 4.99 Å². The molecule has 3 heterocycles. The summed E-state index contributed by atoms with van der Waals surface area (Å²) in [7, 11) is 0. The number of aromatic nitrogens is 1. The standard InChI is InChI=1S/C22H30N6O2.HI/c1-2-23-22(27-12-10-26(11-13-27)17-20-8-14-30-25-20)24-15-21(29)28-9-7-18-5-3-4-6-19(18)16-28;/h3-6,8,14H,2,7,9-13,15-17H2,1H3,(H,23,24);1H. The normalized spacial score (nSPS) is 17.1. The van der Waals surface area contributed by atoms with Crippen molar-refractivity contribution in [2.75, 3.05) is 45.8 Å². The second kappa shape index (κ2) is 11.5. The van der Waals surface area contributed by atoms with Crippen molar-refractivity contribution in [2.45, 2.75) is 26.4 Å².